The molecule has 0 unspecified atom stereocenters. The molecule has 1 spiro atoms. The summed E-state index contributed by atoms with van der Waals surface area (Å²) in [5, 5.41) is 2.33. The molecule has 54 heavy (non-hydrogen) atoms. The molecule has 252 valence electrons. The number of rotatable bonds is 4. The second kappa shape index (κ2) is 12.0. The number of para-hydroxylation sites is 2. The van der Waals surface area contributed by atoms with Crippen molar-refractivity contribution in [1.82, 2.24) is 9.97 Å². The third kappa shape index (κ3) is 4.42. The Balaban J connectivity index is 1.17. The summed E-state index contributed by atoms with van der Waals surface area (Å²) in [6.45, 7) is 0. The van der Waals surface area contributed by atoms with Gasteiger partial charge in [-0.05, 0) is 50.7 Å². The van der Waals surface area contributed by atoms with E-state index >= 15 is 0 Å². The van der Waals surface area contributed by atoms with Crippen molar-refractivity contribution >= 4 is 10.8 Å². The van der Waals surface area contributed by atoms with Crippen molar-refractivity contribution in [2.24, 2.45) is 0 Å². The van der Waals surface area contributed by atoms with E-state index in [9.17, 15) is 0 Å². The molecule has 0 radical (unpaired) electrons. The van der Waals surface area contributed by atoms with E-state index in [1.807, 2.05) is 18.2 Å². The molecular weight excluding hydrogens is 657 g/mol. The Morgan fingerprint density at radius 3 is 1.67 bits per heavy atom. The molecule has 0 fully saturated rings. The third-order valence-corrected chi connectivity index (χ3v) is 11.2. The Labute approximate surface area is 313 Å². The Hall–Kier alpha value is -7.10. The van der Waals surface area contributed by atoms with Crippen LogP contribution in [0, 0.1) is 0 Å². The second-order valence-corrected chi connectivity index (χ2v) is 14.0. The van der Waals surface area contributed by atoms with Gasteiger partial charge in [0.2, 0.25) is 0 Å². The molecule has 0 saturated carbocycles. The normalized spacial score (nSPS) is 13.1. The van der Waals surface area contributed by atoms with E-state index in [1.165, 1.54) is 27.6 Å². The van der Waals surface area contributed by atoms with Crippen molar-refractivity contribution in [2.45, 2.75) is 5.41 Å². The van der Waals surface area contributed by atoms with Crippen LogP contribution in [0.15, 0.2) is 194 Å². The highest BCUT2D eigenvalue weighted by atomic mass is 16.5. The lowest BCUT2D eigenvalue weighted by atomic mass is 9.65. The monoisotopic (exact) mass is 688 g/mol. The fraction of sp³-hybridized carbons (Fsp3) is 0.0196. The van der Waals surface area contributed by atoms with Crippen LogP contribution in [0.4, 0.5) is 0 Å². The van der Waals surface area contributed by atoms with Crippen molar-refractivity contribution in [2.75, 3.05) is 0 Å². The van der Waals surface area contributed by atoms with Gasteiger partial charge in [0, 0.05) is 33.4 Å². The molecule has 3 nitrogen and oxygen atoms in total. The molecule has 9 aromatic rings. The van der Waals surface area contributed by atoms with Gasteiger partial charge in [0.15, 0.2) is 5.82 Å². The van der Waals surface area contributed by atoms with E-state index in [4.69, 9.17) is 14.7 Å². The standard InChI is InChI=1S/C51H32N2O/c1-2-17-34(18-3-1)50-52-46(39-25-14-19-33-16-4-5-20-35(33)39)32-47(53-50)40-24-7-6-21-36(40)41-26-15-30-45-49(41)54-48-31-13-12-29-44(48)51(45)42-27-10-8-22-37(42)38-23-9-11-28-43(38)51/h1-32H. The number of nitrogens with zero attached hydrogens (tertiary/aromatic N) is 2. The van der Waals surface area contributed by atoms with Gasteiger partial charge in [-0.25, -0.2) is 9.97 Å². The number of fused-ring (bicyclic) bond motifs is 10. The van der Waals surface area contributed by atoms with E-state index < -0.39 is 5.41 Å². The van der Waals surface area contributed by atoms with Crippen LogP contribution in [0.25, 0.3) is 66.9 Å². The van der Waals surface area contributed by atoms with Gasteiger partial charge >= 0.3 is 0 Å². The average Bonchev–Trinajstić information content (AvgIpc) is 3.54. The highest BCUT2D eigenvalue weighted by Gasteiger charge is 2.51. The summed E-state index contributed by atoms with van der Waals surface area (Å²) in [5.74, 6) is 2.42. The van der Waals surface area contributed by atoms with E-state index in [0.29, 0.717) is 5.82 Å². The molecule has 2 heterocycles. The van der Waals surface area contributed by atoms with Gasteiger partial charge in [0.05, 0.1) is 16.8 Å². The van der Waals surface area contributed by atoms with Gasteiger partial charge in [-0.1, -0.05) is 182 Å². The lowest BCUT2D eigenvalue weighted by molar-refractivity contribution is 0.438. The number of benzene rings is 8. The molecular formula is C51H32N2O. The highest BCUT2D eigenvalue weighted by Crippen LogP contribution is 2.63. The smallest absolute Gasteiger partial charge is 0.160 e. The van der Waals surface area contributed by atoms with Gasteiger partial charge in [0.1, 0.15) is 11.5 Å². The predicted molar refractivity (Wildman–Crippen MR) is 219 cm³/mol. The average molecular weight is 689 g/mol. The largest absolute Gasteiger partial charge is 0.456 e. The molecule has 0 atom stereocenters. The molecule has 1 aromatic heterocycles. The Bertz CT molecular complexity index is 2880. The number of ether oxygens (including phenoxy) is 1. The van der Waals surface area contributed by atoms with Gasteiger partial charge < -0.3 is 4.74 Å². The van der Waals surface area contributed by atoms with Crippen molar-refractivity contribution < 1.29 is 4.74 Å². The summed E-state index contributed by atoms with van der Waals surface area (Å²) < 4.78 is 7.07. The Morgan fingerprint density at radius 1 is 0.370 bits per heavy atom. The van der Waals surface area contributed by atoms with Crippen molar-refractivity contribution in [3.8, 4) is 67.7 Å². The number of aromatic nitrogens is 2. The van der Waals surface area contributed by atoms with E-state index in [1.54, 1.807) is 0 Å². The lowest BCUT2D eigenvalue weighted by Crippen LogP contribution is -2.32. The van der Waals surface area contributed by atoms with Crippen molar-refractivity contribution in [3.63, 3.8) is 0 Å². The predicted octanol–water partition coefficient (Wildman–Crippen LogP) is 12.8. The molecule has 1 aliphatic carbocycles. The first-order valence-corrected chi connectivity index (χ1v) is 18.4. The SMILES string of the molecule is c1ccc(-c2nc(-c3ccccc3-c3cccc4c3Oc3ccccc3C43c4ccccc4-c4ccccc43)cc(-c3cccc4ccccc34)n2)cc1. The summed E-state index contributed by atoms with van der Waals surface area (Å²) in [6.07, 6.45) is 0. The molecule has 0 amide bonds. The minimum atomic E-state index is -0.542. The summed E-state index contributed by atoms with van der Waals surface area (Å²) in [4.78, 5) is 10.5. The number of hydrogen-bond donors (Lipinski definition) is 0. The molecule has 2 aliphatic rings. The van der Waals surface area contributed by atoms with Gasteiger partial charge in [0.25, 0.3) is 0 Å². The lowest BCUT2D eigenvalue weighted by Gasteiger charge is -2.40. The van der Waals surface area contributed by atoms with Crippen LogP contribution < -0.4 is 4.74 Å². The van der Waals surface area contributed by atoms with E-state index in [0.717, 1.165) is 67.2 Å². The van der Waals surface area contributed by atoms with E-state index in [2.05, 4.69) is 176 Å². The molecule has 11 rings (SSSR count). The van der Waals surface area contributed by atoms with Crippen LogP contribution in [0.1, 0.15) is 22.3 Å². The number of hydrogen-bond acceptors (Lipinski definition) is 3. The molecule has 1 aliphatic heterocycles. The summed E-state index contributed by atoms with van der Waals surface area (Å²) >= 11 is 0. The maximum absolute atomic E-state index is 7.07. The molecule has 3 heteroatoms. The summed E-state index contributed by atoms with van der Waals surface area (Å²) in [6, 6.07) is 68.8. The molecule has 8 aromatic carbocycles. The molecule has 0 N–H and O–H groups in total. The fourth-order valence-corrected chi connectivity index (χ4v) is 8.92. The zero-order chi connectivity index (χ0) is 35.6. The molecule has 0 bridgehead atoms. The topological polar surface area (TPSA) is 35.0 Å². The van der Waals surface area contributed by atoms with Crippen molar-refractivity contribution in [3.05, 3.63) is 216 Å². The summed E-state index contributed by atoms with van der Waals surface area (Å²) in [5.41, 5.74) is 13.7. The zero-order valence-corrected chi connectivity index (χ0v) is 29.3. The highest BCUT2D eigenvalue weighted by molar-refractivity contribution is 5.97. The minimum absolute atomic E-state index is 0.542. The zero-order valence-electron chi connectivity index (χ0n) is 29.3. The fourth-order valence-electron chi connectivity index (χ4n) is 8.92. The van der Waals surface area contributed by atoms with Gasteiger partial charge in [-0.15, -0.1) is 0 Å². The first-order valence-electron chi connectivity index (χ1n) is 18.4. The first kappa shape index (κ1) is 30.5. The van der Waals surface area contributed by atoms with Gasteiger partial charge in [-0.2, -0.15) is 0 Å². The quantitative estimate of drug-likeness (QED) is 0.185. The Morgan fingerprint density at radius 2 is 0.889 bits per heavy atom. The van der Waals surface area contributed by atoms with E-state index in [-0.39, 0.29) is 0 Å². The van der Waals surface area contributed by atoms with Crippen LogP contribution in [-0.2, 0) is 5.41 Å². The van der Waals surface area contributed by atoms with Crippen LogP contribution in [0.5, 0.6) is 11.5 Å². The van der Waals surface area contributed by atoms with Gasteiger partial charge in [-0.3, -0.25) is 0 Å². The van der Waals surface area contributed by atoms with Crippen LogP contribution in [0.3, 0.4) is 0 Å². The molecule has 0 saturated heterocycles. The van der Waals surface area contributed by atoms with Crippen LogP contribution >= 0.6 is 0 Å². The second-order valence-electron chi connectivity index (χ2n) is 14.0. The van der Waals surface area contributed by atoms with Crippen LogP contribution in [0.2, 0.25) is 0 Å². The van der Waals surface area contributed by atoms with Crippen LogP contribution in [-0.4, -0.2) is 9.97 Å². The minimum Gasteiger partial charge on any atom is -0.456 e. The maximum atomic E-state index is 7.07. The summed E-state index contributed by atoms with van der Waals surface area (Å²) in [7, 11) is 0. The van der Waals surface area contributed by atoms with Crippen molar-refractivity contribution in [1.29, 1.82) is 0 Å². The maximum Gasteiger partial charge on any atom is 0.160 e. The Kier molecular flexibility index (Phi) is 6.77. The third-order valence-electron chi connectivity index (χ3n) is 11.2. The first-order chi connectivity index (χ1) is 26.8.